The second-order valence-corrected chi connectivity index (χ2v) is 6.31. The summed E-state index contributed by atoms with van der Waals surface area (Å²) in [6.45, 7) is -0.838. The van der Waals surface area contributed by atoms with E-state index in [0.717, 1.165) is 11.1 Å². The van der Waals surface area contributed by atoms with Gasteiger partial charge in [-0.05, 0) is 47.9 Å². The van der Waals surface area contributed by atoms with E-state index >= 15 is 0 Å². The molecule has 0 aliphatic rings. The topological polar surface area (TPSA) is 38.8 Å². The number of ether oxygens (including phenoxy) is 2. The highest BCUT2D eigenvalue weighted by molar-refractivity contribution is 6.31. The molecule has 144 valence electrons. The highest BCUT2D eigenvalue weighted by Crippen LogP contribution is 2.30. The summed E-state index contributed by atoms with van der Waals surface area (Å²) >= 11 is 6.07. The normalized spacial score (nSPS) is 11.1. The van der Waals surface area contributed by atoms with Gasteiger partial charge in [0.25, 0.3) is 0 Å². The van der Waals surface area contributed by atoms with Crippen LogP contribution in [0, 0.1) is 6.92 Å². The number of hydrogen-bond donors (Lipinski definition) is 0. The fourth-order valence-electron chi connectivity index (χ4n) is 2.37. The predicted octanol–water partition coefficient (Wildman–Crippen LogP) is 4.93. The van der Waals surface area contributed by atoms with Gasteiger partial charge < -0.3 is 14.4 Å². The monoisotopic (exact) mass is 395 g/mol. The van der Waals surface area contributed by atoms with Gasteiger partial charge in [0.05, 0.1) is 7.11 Å². The summed E-state index contributed by atoms with van der Waals surface area (Å²) in [5.74, 6) is -0.112. The number of nitrogens with zero attached hydrogens (tertiary/aromatic N) is 1. The Labute approximate surface area is 162 Å². The van der Waals surface area contributed by atoms with Crippen LogP contribution < -0.4 is 9.47 Å². The smallest absolute Gasteiger partial charge is 0.387 e. The molecule has 2 aromatic carbocycles. The molecule has 0 N–H and O–H groups in total. The van der Waals surface area contributed by atoms with Gasteiger partial charge in [-0.3, -0.25) is 4.79 Å². The van der Waals surface area contributed by atoms with Crippen LogP contribution in [-0.2, 0) is 11.3 Å². The molecule has 0 radical (unpaired) electrons. The van der Waals surface area contributed by atoms with Gasteiger partial charge in [-0.25, -0.2) is 0 Å². The van der Waals surface area contributed by atoms with Crippen molar-refractivity contribution >= 4 is 23.6 Å². The summed E-state index contributed by atoms with van der Waals surface area (Å²) in [7, 11) is 2.98. The van der Waals surface area contributed by atoms with Crippen molar-refractivity contribution in [1.82, 2.24) is 4.90 Å². The molecule has 7 heteroatoms. The van der Waals surface area contributed by atoms with Gasteiger partial charge in [0.2, 0.25) is 5.91 Å². The minimum atomic E-state index is -2.96. The lowest BCUT2D eigenvalue weighted by molar-refractivity contribution is -0.125. The van der Waals surface area contributed by atoms with Crippen molar-refractivity contribution in [3.63, 3.8) is 0 Å². The van der Waals surface area contributed by atoms with Crippen molar-refractivity contribution in [1.29, 1.82) is 0 Å². The fraction of sp³-hybridized carbons (Fsp3) is 0.250. The first-order valence-corrected chi connectivity index (χ1v) is 8.49. The van der Waals surface area contributed by atoms with E-state index in [-0.39, 0.29) is 24.0 Å². The van der Waals surface area contributed by atoms with E-state index in [4.69, 9.17) is 16.3 Å². The van der Waals surface area contributed by atoms with Crippen LogP contribution in [0.3, 0.4) is 0 Å². The van der Waals surface area contributed by atoms with Crippen molar-refractivity contribution in [3.8, 4) is 11.5 Å². The zero-order valence-corrected chi connectivity index (χ0v) is 16.0. The Hall–Kier alpha value is -2.60. The van der Waals surface area contributed by atoms with Crippen LogP contribution in [0.4, 0.5) is 8.78 Å². The van der Waals surface area contributed by atoms with Crippen LogP contribution in [0.5, 0.6) is 11.5 Å². The molecule has 2 aromatic rings. The van der Waals surface area contributed by atoms with Gasteiger partial charge in [0, 0.05) is 24.7 Å². The van der Waals surface area contributed by atoms with E-state index in [1.54, 1.807) is 25.3 Å². The molecule has 0 fully saturated rings. The van der Waals surface area contributed by atoms with Crippen LogP contribution >= 0.6 is 11.6 Å². The van der Waals surface area contributed by atoms with E-state index in [2.05, 4.69) is 4.74 Å². The minimum Gasteiger partial charge on any atom is -0.493 e. The van der Waals surface area contributed by atoms with Crippen molar-refractivity contribution in [2.45, 2.75) is 20.1 Å². The number of amides is 1. The summed E-state index contributed by atoms with van der Waals surface area (Å²) in [4.78, 5) is 13.7. The number of benzene rings is 2. The van der Waals surface area contributed by atoms with Crippen LogP contribution in [0.2, 0.25) is 5.02 Å². The number of carbonyl (C=O) groups excluding carboxylic acids is 1. The summed E-state index contributed by atoms with van der Waals surface area (Å²) in [5, 5.41) is 0.628. The van der Waals surface area contributed by atoms with Gasteiger partial charge in [-0.15, -0.1) is 0 Å². The van der Waals surface area contributed by atoms with Crippen molar-refractivity contribution in [2.75, 3.05) is 14.2 Å². The van der Waals surface area contributed by atoms with E-state index in [1.165, 1.54) is 30.2 Å². The molecular weight excluding hydrogens is 376 g/mol. The Bertz CT molecular complexity index is 840. The van der Waals surface area contributed by atoms with Gasteiger partial charge in [0.1, 0.15) is 0 Å². The molecular formula is C20H20ClF2NO3. The largest absolute Gasteiger partial charge is 0.493 e. The predicted molar refractivity (Wildman–Crippen MR) is 101 cm³/mol. The van der Waals surface area contributed by atoms with E-state index in [0.29, 0.717) is 10.6 Å². The lowest BCUT2D eigenvalue weighted by atomic mass is 10.1. The van der Waals surface area contributed by atoms with Crippen molar-refractivity contribution < 1.29 is 23.0 Å². The highest BCUT2D eigenvalue weighted by atomic mass is 35.5. The molecule has 0 heterocycles. The van der Waals surface area contributed by atoms with E-state index in [9.17, 15) is 13.6 Å². The first kappa shape index (κ1) is 20.7. The number of alkyl halides is 2. The Kier molecular flexibility index (Phi) is 7.19. The lowest BCUT2D eigenvalue weighted by Gasteiger charge is -2.17. The number of aryl methyl sites for hydroxylation is 1. The molecule has 0 aliphatic heterocycles. The fourth-order valence-corrected chi connectivity index (χ4v) is 2.56. The number of methoxy groups -OCH3 is 1. The number of rotatable bonds is 7. The average Bonchev–Trinajstić information content (AvgIpc) is 2.62. The Balaban J connectivity index is 2.07. The van der Waals surface area contributed by atoms with Gasteiger partial charge >= 0.3 is 6.61 Å². The maximum atomic E-state index is 12.5. The number of halogens is 3. The molecule has 0 saturated carbocycles. The molecule has 1 amide bonds. The Morgan fingerprint density at radius 2 is 1.96 bits per heavy atom. The molecule has 4 nitrogen and oxygen atoms in total. The Morgan fingerprint density at radius 3 is 2.59 bits per heavy atom. The van der Waals surface area contributed by atoms with E-state index < -0.39 is 6.61 Å². The van der Waals surface area contributed by atoms with Crippen molar-refractivity contribution in [3.05, 3.63) is 64.2 Å². The number of carbonyl (C=O) groups is 1. The quantitative estimate of drug-likeness (QED) is 0.624. The molecule has 0 aliphatic carbocycles. The molecule has 0 spiro atoms. The summed E-state index contributed by atoms with van der Waals surface area (Å²) in [6.07, 6.45) is 3.10. The second-order valence-electron chi connectivity index (χ2n) is 5.90. The molecule has 2 rings (SSSR count). The van der Waals surface area contributed by atoms with Crippen molar-refractivity contribution in [2.24, 2.45) is 0 Å². The molecule has 0 bridgehead atoms. The minimum absolute atomic E-state index is 0.0734. The van der Waals surface area contributed by atoms with E-state index in [1.807, 2.05) is 19.1 Å². The molecule has 0 saturated heterocycles. The zero-order chi connectivity index (χ0) is 20.0. The average molecular weight is 396 g/mol. The van der Waals surface area contributed by atoms with Crippen LogP contribution in [0.25, 0.3) is 6.08 Å². The van der Waals surface area contributed by atoms with Crippen LogP contribution in [-0.4, -0.2) is 31.6 Å². The van der Waals surface area contributed by atoms with Gasteiger partial charge in [-0.1, -0.05) is 29.8 Å². The standard InChI is InChI=1S/C20H20ClF2NO3/c1-13-4-5-14(10-16(13)21)7-9-19(25)24(2)12-15-6-8-17(26-3)18(11-15)27-20(22)23/h4-11,20H,12H2,1-3H3/b9-7+. The molecule has 0 aromatic heterocycles. The Morgan fingerprint density at radius 1 is 1.22 bits per heavy atom. The first-order chi connectivity index (χ1) is 12.8. The first-order valence-electron chi connectivity index (χ1n) is 8.11. The third-order valence-electron chi connectivity index (χ3n) is 3.85. The second kappa shape index (κ2) is 9.37. The lowest BCUT2D eigenvalue weighted by Crippen LogP contribution is -2.24. The SMILES string of the molecule is COc1ccc(CN(C)C(=O)/C=C/c2ccc(C)c(Cl)c2)cc1OC(F)F. The molecule has 0 atom stereocenters. The molecule has 0 unspecified atom stereocenters. The van der Waals surface area contributed by atoms with Gasteiger partial charge in [-0.2, -0.15) is 8.78 Å². The third-order valence-corrected chi connectivity index (χ3v) is 4.26. The number of hydrogen-bond acceptors (Lipinski definition) is 3. The highest BCUT2D eigenvalue weighted by Gasteiger charge is 2.13. The zero-order valence-electron chi connectivity index (χ0n) is 15.2. The maximum absolute atomic E-state index is 12.5. The third kappa shape index (κ3) is 5.96. The summed E-state index contributed by atoms with van der Waals surface area (Å²) in [5.41, 5.74) is 2.40. The number of likely N-dealkylation sites (N-methyl/N-ethyl adjacent to an activating group) is 1. The molecule has 27 heavy (non-hydrogen) atoms. The van der Waals surface area contributed by atoms with Crippen LogP contribution in [0.1, 0.15) is 16.7 Å². The summed E-state index contributed by atoms with van der Waals surface area (Å²) in [6, 6.07) is 10.1. The maximum Gasteiger partial charge on any atom is 0.387 e. The summed E-state index contributed by atoms with van der Waals surface area (Å²) < 4.78 is 34.5. The van der Waals surface area contributed by atoms with Gasteiger partial charge in [0.15, 0.2) is 11.5 Å². The van der Waals surface area contributed by atoms with Crippen LogP contribution in [0.15, 0.2) is 42.5 Å².